The van der Waals surface area contributed by atoms with E-state index in [9.17, 15) is 36.3 Å². The maximum Gasteiger partial charge on any atom is 0.433 e. The number of nitrogens with zero attached hydrogens (tertiary/aromatic N) is 2. The molecule has 0 saturated carbocycles. The molecule has 310 valence electrons. The van der Waals surface area contributed by atoms with Crippen LogP contribution in [0.3, 0.4) is 0 Å². The van der Waals surface area contributed by atoms with Crippen LogP contribution >= 0.6 is 11.3 Å². The highest BCUT2D eigenvalue weighted by Gasteiger charge is 2.36. The molecule has 0 fully saturated rings. The van der Waals surface area contributed by atoms with E-state index in [4.69, 9.17) is 4.74 Å². The minimum Gasteiger partial charge on any atom is -0.483 e. The Morgan fingerprint density at radius 1 is 0.879 bits per heavy atom. The molecule has 0 aliphatic carbocycles. The molecule has 16 heteroatoms. The summed E-state index contributed by atoms with van der Waals surface area (Å²) < 4.78 is 76.3. The number of aliphatic hydroxyl groups is 1. The molecule has 0 spiro atoms. The highest BCUT2D eigenvalue weighted by molar-refractivity contribution is 7.91. The van der Waals surface area contributed by atoms with Crippen molar-refractivity contribution in [3.05, 3.63) is 125 Å². The topological polar surface area (TPSA) is 152 Å². The molecule has 0 aliphatic heterocycles. The van der Waals surface area contributed by atoms with Crippen molar-refractivity contribution in [2.45, 2.75) is 81.6 Å². The van der Waals surface area contributed by atoms with Crippen molar-refractivity contribution in [3.8, 4) is 16.3 Å². The van der Waals surface area contributed by atoms with Gasteiger partial charge in [0.15, 0.2) is 6.61 Å². The summed E-state index contributed by atoms with van der Waals surface area (Å²) in [4.78, 5) is 27.5. The number of rotatable bonds is 18. The summed E-state index contributed by atoms with van der Waals surface area (Å²) in [6.45, 7) is 6.83. The first kappa shape index (κ1) is 44.1. The van der Waals surface area contributed by atoms with Gasteiger partial charge in [-0.05, 0) is 79.5 Å². The van der Waals surface area contributed by atoms with Crippen molar-refractivity contribution in [1.82, 2.24) is 25.1 Å². The van der Waals surface area contributed by atoms with E-state index in [2.05, 4.69) is 20.5 Å². The van der Waals surface area contributed by atoms with Crippen LogP contribution in [0.15, 0.2) is 101 Å². The van der Waals surface area contributed by atoms with Gasteiger partial charge in [-0.3, -0.25) is 14.3 Å². The predicted octanol–water partition coefficient (Wildman–Crippen LogP) is 6.37. The van der Waals surface area contributed by atoms with Crippen LogP contribution in [-0.2, 0) is 45.7 Å². The molecule has 3 aromatic carbocycles. The minimum atomic E-state index is -4.65. The Hall–Kier alpha value is -5.03. The summed E-state index contributed by atoms with van der Waals surface area (Å²) >= 11 is 0.725. The minimum absolute atomic E-state index is 0.00792. The fraction of sp³-hybridized carbons (Fsp3) is 0.357. The van der Waals surface area contributed by atoms with Crippen LogP contribution in [0.1, 0.15) is 48.2 Å². The number of halogens is 3. The van der Waals surface area contributed by atoms with Crippen molar-refractivity contribution in [2.24, 2.45) is 13.0 Å². The average molecular weight is 840 g/mol. The van der Waals surface area contributed by atoms with Gasteiger partial charge in [-0.1, -0.05) is 92.7 Å². The van der Waals surface area contributed by atoms with E-state index in [-0.39, 0.29) is 40.6 Å². The Labute approximate surface area is 340 Å². The lowest BCUT2D eigenvalue weighted by atomic mass is 9.93. The van der Waals surface area contributed by atoms with E-state index in [1.165, 1.54) is 12.1 Å². The number of hydrogen-bond donors (Lipinski definition) is 4. The number of hydrogen-bond acceptors (Lipinski definition) is 8. The number of aliphatic hydroxyl groups excluding tert-OH is 1. The van der Waals surface area contributed by atoms with Gasteiger partial charge in [0.25, 0.3) is 15.9 Å². The third-order valence-corrected chi connectivity index (χ3v) is 12.6. The normalized spacial score (nSPS) is 14.1. The first-order valence-corrected chi connectivity index (χ1v) is 21.0. The summed E-state index contributed by atoms with van der Waals surface area (Å²) in [5, 5.41) is 21.6. The predicted molar refractivity (Wildman–Crippen MR) is 217 cm³/mol. The largest absolute Gasteiger partial charge is 0.483 e. The second kappa shape index (κ2) is 19.1. The maximum atomic E-state index is 14.0. The number of aromatic nitrogens is 2. The monoisotopic (exact) mass is 839 g/mol. The first-order chi connectivity index (χ1) is 27.4. The number of para-hydroxylation sites is 1. The Morgan fingerprint density at radius 3 is 2.05 bits per heavy atom. The van der Waals surface area contributed by atoms with E-state index in [0.29, 0.717) is 10.4 Å². The fourth-order valence-corrected chi connectivity index (χ4v) is 9.20. The molecule has 58 heavy (non-hydrogen) atoms. The van der Waals surface area contributed by atoms with E-state index in [0.717, 1.165) is 46.7 Å². The standard InChI is InChI=1S/C42H48F3N5O6S2/c1-26(2)39(49-58(54,55)38-20-19-35(57-38)33-24-36(42(43,44)45)50(5)48-33)41(53)46-31(21-29-15-8-6-9-16-29)23-34(51)32(22-30-17-10-7-11-18-30)47-37(52)25-56-40-27(3)13-12-14-28(40)4/h6-20,24,26,31-32,34,39,49,51H,21-23,25H2,1-5H3,(H,46,53)(H,47,52)/t31-,32-,34-,39-/m0/s1. The van der Waals surface area contributed by atoms with Crippen LogP contribution in [0.5, 0.6) is 5.75 Å². The van der Waals surface area contributed by atoms with Crippen molar-refractivity contribution in [2.75, 3.05) is 6.61 Å². The van der Waals surface area contributed by atoms with Crippen LogP contribution < -0.4 is 20.1 Å². The molecule has 5 rings (SSSR count). The molecule has 0 aliphatic rings. The number of benzene rings is 3. The van der Waals surface area contributed by atoms with E-state index >= 15 is 0 Å². The lowest BCUT2D eigenvalue weighted by Crippen LogP contribution is -2.54. The zero-order valence-electron chi connectivity index (χ0n) is 32.8. The van der Waals surface area contributed by atoms with Gasteiger partial charge in [0.1, 0.15) is 27.4 Å². The molecule has 0 unspecified atom stereocenters. The Balaban J connectivity index is 1.34. The van der Waals surface area contributed by atoms with Crippen molar-refractivity contribution < 1.29 is 41.0 Å². The van der Waals surface area contributed by atoms with Crippen LogP contribution in [0, 0.1) is 19.8 Å². The third-order valence-electron chi connectivity index (χ3n) is 9.56. The van der Waals surface area contributed by atoms with Gasteiger partial charge in [0, 0.05) is 13.1 Å². The maximum absolute atomic E-state index is 14.0. The summed E-state index contributed by atoms with van der Waals surface area (Å²) in [6.07, 6.45) is -5.27. The molecular formula is C42H48F3N5O6S2. The molecule has 2 heterocycles. The van der Waals surface area contributed by atoms with Gasteiger partial charge in [0.05, 0.1) is 17.0 Å². The van der Waals surface area contributed by atoms with Gasteiger partial charge in [-0.2, -0.15) is 23.0 Å². The first-order valence-electron chi connectivity index (χ1n) is 18.7. The summed E-state index contributed by atoms with van der Waals surface area (Å²) in [5.41, 5.74) is 2.44. The van der Waals surface area contributed by atoms with E-state index in [1.54, 1.807) is 13.8 Å². The molecule has 2 aromatic heterocycles. The van der Waals surface area contributed by atoms with Crippen LogP contribution in [0.2, 0.25) is 0 Å². The van der Waals surface area contributed by atoms with Crippen LogP contribution in [0.25, 0.3) is 10.6 Å². The summed E-state index contributed by atoms with van der Waals surface area (Å²) in [6, 6.07) is 25.0. The smallest absolute Gasteiger partial charge is 0.433 e. The van der Waals surface area contributed by atoms with Gasteiger partial charge in [-0.15, -0.1) is 11.3 Å². The van der Waals surface area contributed by atoms with E-state index in [1.807, 2.05) is 92.7 Å². The van der Waals surface area contributed by atoms with Gasteiger partial charge in [-0.25, -0.2) is 8.42 Å². The summed E-state index contributed by atoms with van der Waals surface area (Å²) in [5.74, 6) is -1.02. The molecule has 2 amide bonds. The zero-order valence-corrected chi connectivity index (χ0v) is 34.4. The number of ether oxygens (including phenoxy) is 1. The van der Waals surface area contributed by atoms with Crippen LogP contribution in [-0.4, -0.2) is 66.0 Å². The fourth-order valence-electron chi connectivity index (χ4n) is 6.58. The quantitative estimate of drug-likeness (QED) is 0.0801. The van der Waals surface area contributed by atoms with Gasteiger partial charge < -0.3 is 20.5 Å². The Kier molecular flexibility index (Phi) is 14.6. The number of carbonyl (C=O) groups is 2. The second-order valence-corrected chi connectivity index (χ2v) is 17.6. The molecule has 0 bridgehead atoms. The molecule has 5 aromatic rings. The number of alkyl halides is 3. The number of carbonyl (C=O) groups excluding carboxylic acids is 2. The molecular weight excluding hydrogens is 792 g/mol. The molecule has 4 atom stereocenters. The Bertz CT molecular complexity index is 2240. The van der Waals surface area contributed by atoms with Crippen molar-refractivity contribution in [1.29, 1.82) is 0 Å². The highest BCUT2D eigenvalue weighted by atomic mass is 32.2. The molecule has 4 N–H and O–H groups in total. The summed E-state index contributed by atoms with van der Waals surface area (Å²) in [7, 11) is -3.19. The number of sulfonamides is 1. The number of nitrogens with one attached hydrogen (secondary N) is 3. The highest BCUT2D eigenvalue weighted by Crippen LogP contribution is 2.35. The molecule has 11 nitrogen and oxygen atoms in total. The van der Waals surface area contributed by atoms with Crippen molar-refractivity contribution >= 4 is 33.2 Å². The Morgan fingerprint density at radius 2 is 1.48 bits per heavy atom. The molecule has 0 radical (unpaired) electrons. The zero-order chi connectivity index (χ0) is 42.2. The average Bonchev–Trinajstić information content (AvgIpc) is 3.82. The third kappa shape index (κ3) is 11.8. The lowest BCUT2D eigenvalue weighted by Gasteiger charge is -2.30. The SMILES string of the molecule is Cc1cccc(C)c1OCC(=O)N[C@@H](Cc1ccccc1)[C@@H](O)C[C@H](Cc1ccccc1)NC(=O)[C@@H](NS(=O)(=O)c1ccc(-c2cc(C(F)(F)F)n(C)n2)s1)C(C)C. The van der Waals surface area contributed by atoms with E-state index < -0.39 is 63.9 Å². The number of aryl methyl sites for hydroxylation is 3. The van der Waals surface area contributed by atoms with Crippen molar-refractivity contribution in [3.63, 3.8) is 0 Å². The molecule has 0 saturated heterocycles. The number of thiophene rings is 1. The van der Waals surface area contributed by atoms with Crippen LogP contribution in [0.4, 0.5) is 13.2 Å². The lowest BCUT2D eigenvalue weighted by molar-refractivity contribution is -0.143. The van der Waals surface area contributed by atoms with Gasteiger partial charge >= 0.3 is 6.18 Å². The number of amides is 2. The van der Waals surface area contributed by atoms with Gasteiger partial charge in [0.2, 0.25) is 5.91 Å². The second-order valence-electron chi connectivity index (χ2n) is 14.6.